The third kappa shape index (κ3) is 13.0. The molecule has 0 aliphatic carbocycles. The second kappa shape index (κ2) is 18.9. The van der Waals surface area contributed by atoms with Crippen molar-refractivity contribution in [3.8, 4) is 11.5 Å². The van der Waals surface area contributed by atoms with Crippen LogP contribution in [0, 0.1) is 0 Å². The highest BCUT2D eigenvalue weighted by atomic mass is 16.6. The van der Waals surface area contributed by atoms with Gasteiger partial charge in [-0.2, -0.15) is 0 Å². The quantitative estimate of drug-likeness (QED) is 0.157. The molecule has 2 heterocycles. The van der Waals surface area contributed by atoms with Gasteiger partial charge >= 0.3 is 0 Å². The maximum Gasteiger partial charge on any atom is 0.175 e. The summed E-state index contributed by atoms with van der Waals surface area (Å²) in [5.41, 5.74) is 0. The zero-order valence-corrected chi connectivity index (χ0v) is 23.3. The van der Waals surface area contributed by atoms with Crippen LogP contribution in [0.1, 0.15) is 104 Å². The van der Waals surface area contributed by atoms with Crippen LogP contribution in [-0.4, -0.2) is 62.7 Å². The van der Waals surface area contributed by atoms with Gasteiger partial charge in [0.1, 0.15) is 11.5 Å². The van der Waals surface area contributed by atoms with Gasteiger partial charge in [0.2, 0.25) is 0 Å². The largest absolute Gasteiger partial charge is 0.473 e. The van der Waals surface area contributed by atoms with E-state index in [0.717, 1.165) is 24.6 Å². The van der Waals surface area contributed by atoms with Gasteiger partial charge in [-0.25, -0.2) is 0 Å². The van der Waals surface area contributed by atoms with E-state index in [0.29, 0.717) is 13.2 Å². The van der Waals surface area contributed by atoms with E-state index in [2.05, 4.69) is 37.7 Å². The number of hydrogen-bond acceptors (Lipinski definition) is 5. The minimum Gasteiger partial charge on any atom is -0.473 e. The molecule has 0 N–H and O–H groups in total. The van der Waals surface area contributed by atoms with Crippen LogP contribution in [0.3, 0.4) is 0 Å². The molecule has 2 atom stereocenters. The molecule has 5 nitrogen and oxygen atoms in total. The molecule has 0 saturated carbocycles. The van der Waals surface area contributed by atoms with Gasteiger partial charge in [-0.1, -0.05) is 90.9 Å². The minimum absolute atomic E-state index is 0.0897. The first-order valence-corrected chi connectivity index (χ1v) is 14.6. The SMILES string of the molecule is CCCCCCCCCN(C)C1COCC(N(C)CCCCCCCCC)Oc2ccc(cc2)O1. The van der Waals surface area contributed by atoms with Crippen LogP contribution in [-0.2, 0) is 4.74 Å². The second-order valence-electron chi connectivity index (χ2n) is 10.4. The van der Waals surface area contributed by atoms with Gasteiger partial charge in [0.15, 0.2) is 12.5 Å². The zero-order valence-electron chi connectivity index (χ0n) is 23.3. The molecule has 0 amide bonds. The molecule has 1 aromatic rings. The first-order valence-electron chi connectivity index (χ1n) is 14.6. The van der Waals surface area contributed by atoms with E-state index in [-0.39, 0.29) is 12.5 Å². The second-order valence-corrected chi connectivity index (χ2v) is 10.4. The highest BCUT2D eigenvalue weighted by Crippen LogP contribution is 2.23. The lowest BCUT2D eigenvalue weighted by molar-refractivity contribution is -0.0741. The molecule has 0 saturated heterocycles. The Morgan fingerprint density at radius 1 is 0.571 bits per heavy atom. The van der Waals surface area contributed by atoms with Gasteiger partial charge in [0, 0.05) is 13.1 Å². The van der Waals surface area contributed by atoms with Crippen molar-refractivity contribution in [2.75, 3.05) is 40.4 Å². The fraction of sp³-hybridized carbons (Fsp3) is 0.800. The average Bonchev–Trinajstić information content (AvgIpc) is 2.93. The topological polar surface area (TPSA) is 34.2 Å². The summed E-state index contributed by atoms with van der Waals surface area (Å²) in [6.07, 6.45) is 18.3. The van der Waals surface area contributed by atoms with Crippen molar-refractivity contribution in [2.24, 2.45) is 0 Å². The number of nitrogens with zero attached hydrogens (tertiary/aromatic N) is 2. The first kappa shape index (κ1) is 29.9. The van der Waals surface area contributed by atoms with Crippen molar-refractivity contribution in [1.82, 2.24) is 9.80 Å². The van der Waals surface area contributed by atoms with Crippen LogP contribution in [0.4, 0.5) is 0 Å². The van der Waals surface area contributed by atoms with E-state index in [4.69, 9.17) is 14.2 Å². The molecule has 2 bridgehead atoms. The predicted octanol–water partition coefficient (Wildman–Crippen LogP) is 7.49. The highest BCUT2D eigenvalue weighted by Gasteiger charge is 2.22. The van der Waals surface area contributed by atoms with Crippen LogP contribution >= 0.6 is 0 Å². The summed E-state index contributed by atoms with van der Waals surface area (Å²) in [5, 5.41) is 0. The standard InChI is InChI=1S/C30H54N2O3/c1-5-7-9-11-13-15-17-23-31(3)29-25-33-26-30(35-28-21-19-27(34-29)20-22-28)32(4)24-18-16-14-12-10-8-6-2/h19-22,29-30H,5-18,23-26H2,1-4H3. The van der Waals surface area contributed by atoms with Crippen molar-refractivity contribution in [3.05, 3.63) is 24.3 Å². The Kier molecular flexibility index (Phi) is 16.2. The van der Waals surface area contributed by atoms with Gasteiger partial charge in [0.05, 0.1) is 13.2 Å². The summed E-state index contributed by atoms with van der Waals surface area (Å²) in [7, 11) is 4.31. The Labute approximate surface area is 216 Å². The van der Waals surface area contributed by atoms with Gasteiger partial charge in [-0.05, 0) is 51.2 Å². The summed E-state index contributed by atoms with van der Waals surface area (Å²) >= 11 is 0. The molecule has 0 aromatic heterocycles. The zero-order chi connectivity index (χ0) is 25.1. The average molecular weight is 491 g/mol. The summed E-state index contributed by atoms with van der Waals surface area (Å²) < 4.78 is 18.8. The van der Waals surface area contributed by atoms with E-state index in [1.54, 1.807) is 0 Å². The number of unbranched alkanes of at least 4 members (excludes halogenated alkanes) is 12. The minimum atomic E-state index is -0.0897. The fourth-order valence-corrected chi connectivity index (χ4v) is 4.61. The van der Waals surface area contributed by atoms with E-state index in [1.807, 2.05) is 24.3 Å². The lowest BCUT2D eigenvalue weighted by atomic mass is 10.1. The van der Waals surface area contributed by atoms with Gasteiger partial charge < -0.3 is 14.2 Å². The van der Waals surface area contributed by atoms with E-state index in [1.165, 1.54) is 89.9 Å². The number of ether oxygens (including phenoxy) is 3. The van der Waals surface area contributed by atoms with E-state index >= 15 is 0 Å². The Hall–Kier alpha value is -1.30. The molecule has 1 aromatic carbocycles. The fourth-order valence-electron chi connectivity index (χ4n) is 4.61. The van der Waals surface area contributed by atoms with Crippen LogP contribution in [0.25, 0.3) is 0 Å². The third-order valence-corrected chi connectivity index (χ3v) is 7.10. The normalized spacial score (nSPS) is 18.5. The Balaban J connectivity index is 1.80. The lowest BCUT2D eigenvalue weighted by Gasteiger charge is -2.30. The Morgan fingerprint density at radius 2 is 0.914 bits per heavy atom. The van der Waals surface area contributed by atoms with Crippen molar-refractivity contribution >= 4 is 0 Å². The van der Waals surface area contributed by atoms with Gasteiger partial charge in [-0.15, -0.1) is 0 Å². The van der Waals surface area contributed by atoms with Crippen LogP contribution in [0.5, 0.6) is 11.5 Å². The summed E-state index contributed by atoms with van der Waals surface area (Å²) in [6, 6.07) is 8.07. The molecule has 5 heteroatoms. The van der Waals surface area contributed by atoms with Crippen LogP contribution in [0.15, 0.2) is 24.3 Å². The van der Waals surface area contributed by atoms with Crippen LogP contribution in [0.2, 0.25) is 0 Å². The van der Waals surface area contributed by atoms with Gasteiger partial charge in [0.25, 0.3) is 0 Å². The Morgan fingerprint density at radius 3 is 1.29 bits per heavy atom. The molecule has 2 aliphatic rings. The summed E-state index contributed by atoms with van der Waals surface area (Å²) in [4.78, 5) is 4.60. The number of rotatable bonds is 18. The number of benzene rings is 1. The van der Waals surface area contributed by atoms with Crippen molar-refractivity contribution in [3.63, 3.8) is 0 Å². The number of fused-ring (bicyclic) bond motifs is 8. The van der Waals surface area contributed by atoms with Gasteiger partial charge in [-0.3, -0.25) is 9.80 Å². The molecule has 2 unspecified atom stereocenters. The van der Waals surface area contributed by atoms with Crippen molar-refractivity contribution < 1.29 is 14.2 Å². The molecule has 0 spiro atoms. The van der Waals surface area contributed by atoms with Crippen molar-refractivity contribution in [2.45, 2.75) is 116 Å². The summed E-state index contributed by atoms with van der Waals surface area (Å²) in [6.45, 7) is 7.68. The third-order valence-electron chi connectivity index (χ3n) is 7.10. The molecular formula is C30H54N2O3. The monoisotopic (exact) mass is 490 g/mol. The predicted molar refractivity (Wildman–Crippen MR) is 147 cm³/mol. The molecule has 0 fully saturated rings. The van der Waals surface area contributed by atoms with E-state index < -0.39 is 0 Å². The number of likely N-dealkylation sites (N-methyl/N-ethyl adjacent to an activating group) is 2. The summed E-state index contributed by atoms with van der Waals surface area (Å²) in [5.74, 6) is 1.74. The first-order chi connectivity index (χ1) is 17.1. The maximum atomic E-state index is 6.32. The molecule has 0 radical (unpaired) electrons. The van der Waals surface area contributed by atoms with E-state index in [9.17, 15) is 0 Å². The Bertz CT molecular complexity index is 572. The molecule has 2 aliphatic heterocycles. The highest BCUT2D eigenvalue weighted by molar-refractivity contribution is 5.31. The lowest BCUT2D eigenvalue weighted by Crippen LogP contribution is -2.44. The maximum absolute atomic E-state index is 6.32. The molecule has 202 valence electrons. The smallest absolute Gasteiger partial charge is 0.175 e. The van der Waals surface area contributed by atoms with Crippen molar-refractivity contribution in [1.29, 1.82) is 0 Å². The number of hydrogen-bond donors (Lipinski definition) is 0. The molecule has 35 heavy (non-hydrogen) atoms. The molecule has 3 rings (SSSR count). The van der Waals surface area contributed by atoms with Crippen LogP contribution < -0.4 is 9.47 Å². The molecular weight excluding hydrogens is 436 g/mol.